The zero-order valence-corrected chi connectivity index (χ0v) is 11.1. The zero-order chi connectivity index (χ0) is 13.5. The molecule has 0 bridgehead atoms. The van der Waals surface area contributed by atoms with E-state index in [9.17, 15) is 5.11 Å². The van der Waals surface area contributed by atoms with Crippen molar-refractivity contribution >= 4 is 17.8 Å². The van der Waals surface area contributed by atoms with Crippen molar-refractivity contribution in [3.8, 4) is 0 Å². The number of rotatable bonds is 7. The lowest BCUT2D eigenvalue weighted by Gasteiger charge is -2.14. The van der Waals surface area contributed by atoms with Crippen molar-refractivity contribution in [2.24, 2.45) is 0 Å². The molecule has 0 aromatic carbocycles. The fourth-order valence-corrected chi connectivity index (χ4v) is 1.22. The molecule has 8 heteroatoms. The van der Waals surface area contributed by atoms with Crippen molar-refractivity contribution in [1.29, 1.82) is 0 Å². The van der Waals surface area contributed by atoms with E-state index in [1.807, 2.05) is 14.1 Å². The minimum absolute atomic E-state index is 0.261. The van der Waals surface area contributed by atoms with E-state index in [0.717, 1.165) is 0 Å². The van der Waals surface area contributed by atoms with Gasteiger partial charge in [0.25, 0.3) is 0 Å². The maximum Gasteiger partial charge on any atom is 0.231 e. The van der Waals surface area contributed by atoms with Gasteiger partial charge < -0.3 is 25.4 Å². The first kappa shape index (κ1) is 14.4. The third-order valence-corrected chi connectivity index (χ3v) is 2.10. The topological polar surface area (TPSA) is 95.4 Å². The highest BCUT2D eigenvalue weighted by Gasteiger charge is 2.09. The Labute approximate surface area is 106 Å². The van der Waals surface area contributed by atoms with E-state index >= 15 is 0 Å². The van der Waals surface area contributed by atoms with E-state index in [1.165, 1.54) is 7.11 Å². The zero-order valence-electron chi connectivity index (χ0n) is 11.1. The maximum absolute atomic E-state index is 9.53. The molecule has 3 N–H and O–H groups in total. The Morgan fingerprint density at radius 3 is 2.50 bits per heavy atom. The summed E-state index contributed by atoms with van der Waals surface area (Å²) in [6.45, 7) is 0.575. The molecule has 1 aromatic rings. The molecule has 0 saturated heterocycles. The largest absolute Gasteiger partial charge is 0.389 e. The van der Waals surface area contributed by atoms with Crippen molar-refractivity contribution in [3.63, 3.8) is 0 Å². The first-order valence-corrected chi connectivity index (χ1v) is 5.58. The van der Waals surface area contributed by atoms with Crippen LogP contribution < -0.4 is 15.5 Å². The van der Waals surface area contributed by atoms with Crippen LogP contribution in [0, 0.1) is 0 Å². The molecule has 0 fully saturated rings. The second-order valence-electron chi connectivity index (χ2n) is 3.92. The number of nitrogens with one attached hydrogen (secondary N) is 2. The van der Waals surface area contributed by atoms with Gasteiger partial charge >= 0.3 is 0 Å². The van der Waals surface area contributed by atoms with Gasteiger partial charge in [-0.15, -0.1) is 0 Å². The molecule has 18 heavy (non-hydrogen) atoms. The lowest BCUT2D eigenvalue weighted by molar-refractivity contribution is 0.0726. The van der Waals surface area contributed by atoms with Crippen LogP contribution in [0.3, 0.4) is 0 Å². The molecule has 8 nitrogen and oxygen atoms in total. The van der Waals surface area contributed by atoms with Gasteiger partial charge in [-0.05, 0) is 0 Å². The smallest absolute Gasteiger partial charge is 0.231 e. The first-order chi connectivity index (χ1) is 8.56. The molecule has 0 radical (unpaired) electrons. The Balaban J connectivity index is 2.72. The first-order valence-electron chi connectivity index (χ1n) is 5.58. The van der Waals surface area contributed by atoms with Crippen molar-refractivity contribution in [2.45, 2.75) is 6.10 Å². The summed E-state index contributed by atoms with van der Waals surface area (Å²) in [6.07, 6.45) is -0.604. The third kappa shape index (κ3) is 4.30. The Hall–Kier alpha value is -1.67. The van der Waals surface area contributed by atoms with Gasteiger partial charge in [0.05, 0.1) is 12.7 Å². The third-order valence-electron chi connectivity index (χ3n) is 2.10. The number of hydrogen-bond acceptors (Lipinski definition) is 8. The number of aliphatic hydroxyl groups is 1. The van der Waals surface area contributed by atoms with Gasteiger partial charge in [-0.2, -0.15) is 15.0 Å². The van der Waals surface area contributed by atoms with Crippen molar-refractivity contribution in [3.05, 3.63) is 0 Å². The van der Waals surface area contributed by atoms with Gasteiger partial charge in [0.15, 0.2) is 0 Å². The van der Waals surface area contributed by atoms with Gasteiger partial charge in [0.2, 0.25) is 17.8 Å². The fourth-order valence-electron chi connectivity index (χ4n) is 1.22. The number of ether oxygens (including phenoxy) is 1. The van der Waals surface area contributed by atoms with E-state index < -0.39 is 6.10 Å². The van der Waals surface area contributed by atoms with Crippen LogP contribution in [0.5, 0.6) is 0 Å². The SMILES string of the molecule is CNc1nc(NCC(O)COC)nc(N(C)C)n1. The van der Waals surface area contributed by atoms with E-state index in [4.69, 9.17) is 4.74 Å². The Kier molecular flexibility index (Phi) is 5.53. The van der Waals surface area contributed by atoms with E-state index in [0.29, 0.717) is 24.4 Å². The Morgan fingerprint density at radius 2 is 1.94 bits per heavy atom. The van der Waals surface area contributed by atoms with E-state index in [2.05, 4.69) is 25.6 Å². The molecule has 0 aliphatic carbocycles. The lowest BCUT2D eigenvalue weighted by Crippen LogP contribution is -2.25. The molecule has 0 saturated carbocycles. The quantitative estimate of drug-likeness (QED) is 0.595. The van der Waals surface area contributed by atoms with Crippen LogP contribution in [-0.4, -0.2) is 67.6 Å². The highest BCUT2D eigenvalue weighted by atomic mass is 16.5. The molecular formula is C10H20N6O2. The summed E-state index contributed by atoms with van der Waals surface area (Å²) in [6, 6.07) is 0. The summed E-state index contributed by atoms with van der Waals surface area (Å²) in [7, 11) is 6.96. The standard InChI is InChI=1S/C10H20N6O2/c1-11-8-13-9(12-5-7(17)6-18-4)15-10(14-8)16(2)3/h7,17H,5-6H2,1-4H3,(H2,11,12,13,14,15). The van der Waals surface area contributed by atoms with Gasteiger partial charge in [0.1, 0.15) is 0 Å². The summed E-state index contributed by atoms with van der Waals surface area (Å²) < 4.78 is 4.84. The van der Waals surface area contributed by atoms with Crippen molar-refractivity contribution < 1.29 is 9.84 Å². The molecule has 1 unspecified atom stereocenters. The van der Waals surface area contributed by atoms with Gasteiger partial charge in [0, 0.05) is 34.8 Å². The number of anilines is 3. The second-order valence-corrected chi connectivity index (χ2v) is 3.92. The average molecular weight is 256 g/mol. The Morgan fingerprint density at radius 1 is 1.28 bits per heavy atom. The molecule has 0 amide bonds. The van der Waals surface area contributed by atoms with Crippen molar-refractivity contribution in [1.82, 2.24) is 15.0 Å². The van der Waals surface area contributed by atoms with Crippen LogP contribution in [0.25, 0.3) is 0 Å². The number of methoxy groups -OCH3 is 1. The molecule has 0 aliphatic heterocycles. The van der Waals surface area contributed by atoms with Crippen LogP contribution in [0.2, 0.25) is 0 Å². The van der Waals surface area contributed by atoms with Gasteiger partial charge in [-0.25, -0.2) is 0 Å². The number of nitrogens with zero attached hydrogens (tertiary/aromatic N) is 4. The predicted octanol–water partition coefficient (Wildman–Crippen LogP) is -0.601. The maximum atomic E-state index is 9.53. The van der Waals surface area contributed by atoms with Crippen molar-refractivity contribution in [2.75, 3.05) is 56.9 Å². The summed E-state index contributed by atoms with van der Waals surface area (Å²) in [5.41, 5.74) is 0. The van der Waals surface area contributed by atoms with E-state index in [1.54, 1.807) is 11.9 Å². The molecule has 102 valence electrons. The second kappa shape index (κ2) is 6.92. The monoisotopic (exact) mass is 256 g/mol. The number of aliphatic hydroxyl groups excluding tert-OH is 1. The number of aromatic nitrogens is 3. The van der Waals surface area contributed by atoms with Crippen LogP contribution in [0.1, 0.15) is 0 Å². The molecule has 1 atom stereocenters. The Bertz CT molecular complexity index is 373. The molecular weight excluding hydrogens is 236 g/mol. The minimum atomic E-state index is -0.604. The summed E-state index contributed by atoms with van der Waals surface area (Å²) in [5, 5.41) is 15.3. The molecule has 0 spiro atoms. The lowest BCUT2D eigenvalue weighted by atomic mass is 10.4. The summed E-state index contributed by atoms with van der Waals surface area (Å²) in [5.74, 6) is 1.42. The van der Waals surface area contributed by atoms with Crippen LogP contribution >= 0.6 is 0 Å². The summed E-state index contributed by atoms with van der Waals surface area (Å²) in [4.78, 5) is 14.3. The van der Waals surface area contributed by atoms with Gasteiger partial charge in [-0.3, -0.25) is 0 Å². The average Bonchev–Trinajstić information content (AvgIpc) is 2.36. The molecule has 1 rings (SSSR count). The summed E-state index contributed by atoms with van der Waals surface area (Å²) >= 11 is 0. The minimum Gasteiger partial charge on any atom is -0.389 e. The predicted molar refractivity (Wildman–Crippen MR) is 70.1 cm³/mol. The van der Waals surface area contributed by atoms with Crippen LogP contribution in [0.15, 0.2) is 0 Å². The van der Waals surface area contributed by atoms with Crippen LogP contribution in [-0.2, 0) is 4.74 Å². The van der Waals surface area contributed by atoms with E-state index in [-0.39, 0.29) is 6.61 Å². The molecule has 0 aliphatic rings. The fraction of sp³-hybridized carbons (Fsp3) is 0.700. The molecule has 1 aromatic heterocycles. The molecule has 1 heterocycles. The van der Waals surface area contributed by atoms with Crippen LogP contribution in [0.4, 0.5) is 17.8 Å². The highest BCUT2D eigenvalue weighted by molar-refractivity contribution is 5.42. The van der Waals surface area contributed by atoms with Gasteiger partial charge in [-0.1, -0.05) is 0 Å². The number of hydrogen-bond donors (Lipinski definition) is 3. The highest BCUT2D eigenvalue weighted by Crippen LogP contribution is 2.10. The normalized spacial score (nSPS) is 12.1.